The van der Waals surface area contributed by atoms with E-state index in [2.05, 4.69) is 15.5 Å². The van der Waals surface area contributed by atoms with Crippen molar-refractivity contribution < 1.29 is 23.7 Å². The lowest BCUT2D eigenvalue weighted by Gasteiger charge is -2.12. The zero-order valence-corrected chi connectivity index (χ0v) is 20.5. The molecule has 10 nitrogen and oxygen atoms in total. The molecular formula is C26H29N5O5. The number of nitrogens with zero attached hydrogens (tertiary/aromatic N) is 4. The van der Waals surface area contributed by atoms with E-state index in [1.807, 2.05) is 44.2 Å². The molecule has 4 aromatic rings. The maximum Gasteiger partial charge on any atom is 0.276 e. The Morgan fingerprint density at radius 1 is 0.917 bits per heavy atom. The van der Waals surface area contributed by atoms with Gasteiger partial charge in [0.1, 0.15) is 11.5 Å². The van der Waals surface area contributed by atoms with Crippen LogP contribution < -0.4 is 24.3 Å². The third-order valence-electron chi connectivity index (χ3n) is 5.14. The highest BCUT2D eigenvalue weighted by atomic mass is 16.5. The normalized spacial score (nSPS) is 10.6. The molecule has 1 amide bonds. The Balaban J connectivity index is 1.32. The Kier molecular flexibility index (Phi) is 8.07. The monoisotopic (exact) mass is 491 g/mol. The number of amides is 1. The molecule has 1 N–H and O–H groups in total. The van der Waals surface area contributed by atoms with Gasteiger partial charge in [-0.1, -0.05) is 6.07 Å². The summed E-state index contributed by atoms with van der Waals surface area (Å²) in [6, 6.07) is 14.7. The zero-order chi connectivity index (χ0) is 25.3. The number of hydrogen-bond donors (Lipinski definition) is 1. The first-order valence-corrected chi connectivity index (χ1v) is 11.6. The second-order valence-corrected chi connectivity index (χ2v) is 7.72. The molecule has 0 aliphatic heterocycles. The number of aromatic nitrogens is 4. The first-order valence-electron chi connectivity index (χ1n) is 11.6. The van der Waals surface area contributed by atoms with Crippen LogP contribution in [0, 0.1) is 0 Å². The Hall–Kier alpha value is -4.47. The van der Waals surface area contributed by atoms with Gasteiger partial charge in [0.2, 0.25) is 0 Å². The first-order chi connectivity index (χ1) is 17.6. The molecule has 2 aromatic carbocycles. The molecule has 0 atom stereocenters. The van der Waals surface area contributed by atoms with Crippen LogP contribution in [0.5, 0.6) is 23.0 Å². The fourth-order valence-corrected chi connectivity index (χ4v) is 3.46. The van der Waals surface area contributed by atoms with Crippen LogP contribution in [0.15, 0.2) is 67.1 Å². The van der Waals surface area contributed by atoms with Crippen LogP contribution in [-0.2, 0) is 13.3 Å². The molecule has 0 fully saturated rings. The Labute approximate surface area is 209 Å². The summed E-state index contributed by atoms with van der Waals surface area (Å²) >= 11 is 0. The third kappa shape index (κ3) is 6.35. The highest BCUT2D eigenvalue weighted by Gasteiger charge is 2.12. The average molecular weight is 492 g/mol. The molecule has 36 heavy (non-hydrogen) atoms. The summed E-state index contributed by atoms with van der Waals surface area (Å²) in [7, 11) is 1.61. The first kappa shape index (κ1) is 24.6. The van der Waals surface area contributed by atoms with E-state index in [1.54, 1.807) is 53.3 Å². The smallest absolute Gasteiger partial charge is 0.276 e. The number of ether oxygens (including phenoxy) is 4. The Morgan fingerprint density at radius 2 is 1.67 bits per heavy atom. The number of hydrogen-bond acceptors (Lipinski definition) is 7. The van der Waals surface area contributed by atoms with Gasteiger partial charge in [-0.2, -0.15) is 10.2 Å². The predicted octanol–water partition coefficient (Wildman–Crippen LogP) is 4.22. The molecule has 0 saturated carbocycles. The fourth-order valence-electron chi connectivity index (χ4n) is 3.46. The van der Waals surface area contributed by atoms with Crippen molar-refractivity contribution in [1.82, 2.24) is 19.6 Å². The van der Waals surface area contributed by atoms with Crippen molar-refractivity contribution in [3.8, 4) is 23.0 Å². The summed E-state index contributed by atoms with van der Waals surface area (Å²) in [5.74, 6) is 2.50. The lowest BCUT2D eigenvalue weighted by atomic mass is 10.2. The standard InChI is InChI=1S/C26H29N5O5/c1-4-34-24-11-6-19(14-25(24)35-5-2)16-31-17-20(15-27-31)28-26(32)23-12-13-30(29-23)18-36-22-9-7-21(33-3)8-10-22/h6-15,17H,4-5,16,18H2,1-3H3,(H,28,32). The van der Waals surface area contributed by atoms with Crippen molar-refractivity contribution in [1.29, 1.82) is 0 Å². The van der Waals surface area contributed by atoms with Gasteiger partial charge < -0.3 is 24.3 Å². The highest BCUT2D eigenvalue weighted by Crippen LogP contribution is 2.29. The predicted molar refractivity (Wildman–Crippen MR) is 134 cm³/mol. The van der Waals surface area contributed by atoms with E-state index in [-0.39, 0.29) is 18.3 Å². The number of nitrogens with one attached hydrogen (secondary N) is 1. The summed E-state index contributed by atoms with van der Waals surface area (Å²) in [4.78, 5) is 12.6. The SMILES string of the molecule is CCOc1ccc(Cn2cc(NC(=O)c3ccn(COc4ccc(OC)cc4)n3)cn2)cc1OCC. The van der Waals surface area contributed by atoms with Gasteiger partial charge in [-0.05, 0) is 61.9 Å². The van der Waals surface area contributed by atoms with Gasteiger partial charge in [-0.25, -0.2) is 4.68 Å². The van der Waals surface area contributed by atoms with E-state index in [4.69, 9.17) is 18.9 Å². The number of benzene rings is 2. The molecule has 0 spiro atoms. The minimum absolute atomic E-state index is 0.170. The molecule has 4 rings (SSSR count). The maximum atomic E-state index is 12.6. The van der Waals surface area contributed by atoms with Crippen LogP contribution in [-0.4, -0.2) is 45.8 Å². The van der Waals surface area contributed by atoms with E-state index >= 15 is 0 Å². The Bertz CT molecular complexity index is 1280. The van der Waals surface area contributed by atoms with Gasteiger partial charge in [-0.3, -0.25) is 9.48 Å². The summed E-state index contributed by atoms with van der Waals surface area (Å²) < 4.78 is 25.4. The maximum absolute atomic E-state index is 12.6. The second kappa shape index (κ2) is 11.8. The van der Waals surface area contributed by atoms with Gasteiger partial charge in [0.05, 0.1) is 38.8 Å². The van der Waals surface area contributed by atoms with Gasteiger partial charge >= 0.3 is 0 Å². The van der Waals surface area contributed by atoms with Crippen LogP contribution in [0.4, 0.5) is 5.69 Å². The molecular weight excluding hydrogens is 462 g/mol. The van der Waals surface area contributed by atoms with E-state index in [0.717, 1.165) is 11.3 Å². The zero-order valence-electron chi connectivity index (χ0n) is 20.5. The van der Waals surface area contributed by atoms with E-state index in [0.29, 0.717) is 42.7 Å². The minimum atomic E-state index is -0.336. The van der Waals surface area contributed by atoms with Gasteiger partial charge in [0.25, 0.3) is 5.91 Å². The Morgan fingerprint density at radius 3 is 2.42 bits per heavy atom. The molecule has 0 bridgehead atoms. The lowest BCUT2D eigenvalue weighted by Crippen LogP contribution is -2.14. The van der Waals surface area contributed by atoms with Crippen LogP contribution in [0.2, 0.25) is 0 Å². The average Bonchev–Trinajstić information content (AvgIpc) is 3.54. The molecule has 188 valence electrons. The summed E-state index contributed by atoms with van der Waals surface area (Å²) in [5, 5.41) is 11.5. The lowest BCUT2D eigenvalue weighted by molar-refractivity contribution is 0.102. The topological polar surface area (TPSA) is 102 Å². The van der Waals surface area contributed by atoms with Crippen LogP contribution in [0.25, 0.3) is 0 Å². The number of methoxy groups -OCH3 is 1. The summed E-state index contributed by atoms with van der Waals surface area (Å²) in [5.41, 5.74) is 1.84. The number of anilines is 1. The number of rotatable bonds is 12. The van der Waals surface area contributed by atoms with Crippen molar-refractivity contribution in [2.24, 2.45) is 0 Å². The molecule has 2 aromatic heterocycles. The number of carbonyl (C=O) groups is 1. The highest BCUT2D eigenvalue weighted by molar-refractivity contribution is 6.02. The number of carbonyl (C=O) groups excluding carboxylic acids is 1. The van der Waals surface area contributed by atoms with Crippen LogP contribution in [0.3, 0.4) is 0 Å². The third-order valence-corrected chi connectivity index (χ3v) is 5.14. The van der Waals surface area contributed by atoms with Gasteiger partial charge in [0, 0.05) is 12.4 Å². The minimum Gasteiger partial charge on any atom is -0.497 e. The van der Waals surface area contributed by atoms with Crippen molar-refractivity contribution in [3.63, 3.8) is 0 Å². The molecule has 0 radical (unpaired) electrons. The van der Waals surface area contributed by atoms with Crippen LogP contribution in [0.1, 0.15) is 29.9 Å². The molecule has 2 heterocycles. The molecule has 0 aliphatic carbocycles. The van der Waals surface area contributed by atoms with Gasteiger partial charge in [-0.15, -0.1) is 0 Å². The molecule has 10 heteroatoms. The van der Waals surface area contributed by atoms with Crippen molar-refractivity contribution in [3.05, 3.63) is 78.4 Å². The van der Waals surface area contributed by atoms with Gasteiger partial charge in [0.15, 0.2) is 23.9 Å². The van der Waals surface area contributed by atoms with Crippen molar-refractivity contribution >= 4 is 11.6 Å². The van der Waals surface area contributed by atoms with E-state index in [1.165, 1.54) is 0 Å². The van der Waals surface area contributed by atoms with Crippen molar-refractivity contribution in [2.45, 2.75) is 27.1 Å². The second-order valence-electron chi connectivity index (χ2n) is 7.72. The van der Waals surface area contributed by atoms with E-state index in [9.17, 15) is 4.79 Å². The molecule has 0 unspecified atom stereocenters. The quantitative estimate of drug-likeness (QED) is 0.317. The van der Waals surface area contributed by atoms with E-state index < -0.39 is 0 Å². The van der Waals surface area contributed by atoms with Crippen LogP contribution >= 0.6 is 0 Å². The fraction of sp³-hybridized carbons (Fsp3) is 0.269. The largest absolute Gasteiger partial charge is 0.497 e. The summed E-state index contributed by atoms with van der Waals surface area (Å²) in [6.07, 6.45) is 5.04. The summed E-state index contributed by atoms with van der Waals surface area (Å²) in [6.45, 7) is 5.66. The van der Waals surface area contributed by atoms with Crippen molar-refractivity contribution in [2.75, 3.05) is 25.6 Å². The molecule has 0 aliphatic rings. The molecule has 0 saturated heterocycles.